The Bertz CT molecular complexity index is 549. The maximum atomic E-state index is 11.5. The average Bonchev–Trinajstić information content (AvgIpc) is 2.88. The Hall–Kier alpha value is -1.55. The van der Waals surface area contributed by atoms with Crippen LogP contribution in [0.5, 0.6) is 0 Å². The van der Waals surface area contributed by atoms with Crippen LogP contribution in [0, 0.1) is 5.92 Å². The summed E-state index contributed by atoms with van der Waals surface area (Å²) in [4.78, 5) is 14.8. The van der Waals surface area contributed by atoms with Crippen LogP contribution in [0.15, 0.2) is 29.2 Å². The van der Waals surface area contributed by atoms with Gasteiger partial charge in [0.1, 0.15) is 5.65 Å². The lowest BCUT2D eigenvalue weighted by Gasteiger charge is -2.03. The third kappa shape index (κ3) is 1.65. The fraction of sp³-hybridized carbons (Fsp3) is 0.417. The fourth-order valence-electron chi connectivity index (χ4n) is 2.25. The van der Waals surface area contributed by atoms with Crippen LogP contribution in [0.4, 0.5) is 0 Å². The zero-order valence-corrected chi connectivity index (χ0v) is 8.98. The molecule has 0 aromatic carbocycles. The molecule has 0 aliphatic carbocycles. The van der Waals surface area contributed by atoms with Crippen LogP contribution in [-0.2, 0) is 11.2 Å². The van der Waals surface area contributed by atoms with E-state index in [1.807, 2.05) is 12.3 Å². The summed E-state index contributed by atoms with van der Waals surface area (Å²) in [6.07, 6.45) is 3.97. The van der Waals surface area contributed by atoms with E-state index in [-0.39, 0.29) is 5.56 Å². The summed E-state index contributed by atoms with van der Waals surface area (Å²) in [5.74, 6) is 0.587. The first-order valence-electron chi connectivity index (χ1n) is 5.60. The Labute approximate surface area is 92.9 Å². The molecule has 0 amide bonds. The number of imidazole rings is 1. The van der Waals surface area contributed by atoms with Crippen molar-refractivity contribution in [3.8, 4) is 0 Å². The summed E-state index contributed by atoms with van der Waals surface area (Å²) in [6.45, 7) is 1.70. The number of aromatic nitrogens is 2. The smallest absolute Gasteiger partial charge is 0.256 e. The van der Waals surface area contributed by atoms with E-state index in [1.54, 1.807) is 16.5 Å². The summed E-state index contributed by atoms with van der Waals surface area (Å²) in [6, 6.07) is 5.26. The van der Waals surface area contributed by atoms with Crippen molar-refractivity contribution in [2.45, 2.75) is 12.8 Å². The predicted octanol–water partition coefficient (Wildman–Crippen LogP) is 1.21. The number of hydrogen-bond donors (Lipinski definition) is 1. The van der Waals surface area contributed by atoms with Gasteiger partial charge in [-0.3, -0.25) is 9.20 Å². The summed E-state index contributed by atoms with van der Waals surface area (Å²) >= 11 is 0. The summed E-state index contributed by atoms with van der Waals surface area (Å²) in [5.41, 5.74) is 1.99. The van der Waals surface area contributed by atoms with Crippen molar-refractivity contribution >= 4 is 5.65 Å². The lowest BCUT2D eigenvalue weighted by atomic mass is 10.0. The molecule has 0 bridgehead atoms. The van der Waals surface area contributed by atoms with Crippen molar-refractivity contribution in [3.05, 3.63) is 40.4 Å². The van der Waals surface area contributed by atoms with Crippen LogP contribution in [0.3, 0.4) is 0 Å². The second-order valence-electron chi connectivity index (χ2n) is 4.33. The largest absolute Gasteiger partial charge is 0.381 e. The van der Waals surface area contributed by atoms with E-state index >= 15 is 0 Å². The molecule has 1 unspecified atom stereocenters. The van der Waals surface area contributed by atoms with Gasteiger partial charge in [-0.05, 0) is 24.8 Å². The van der Waals surface area contributed by atoms with Crippen molar-refractivity contribution in [1.29, 1.82) is 0 Å². The molecular weight excluding hydrogens is 204 g/mol. The molecule has 16 heavy (non-hydrogen) atoms. The lowest BCUT2D eigenvalue weighted by Crippen LogP contribution is -2.08. The number of pyridine rings is 1. The zero-order valence-electron chi connectivity index (χ0n) is 8.98. The first-order valence-corrected chi connectivity index (χ1v) is 5.60. The molecular formula is C12H14N2O2. The van der Waals surface area contributed by atoms with Crippen molar-refractivity contribution in [3.63, 3.8) is 0 Å². The Balaban J connectivity index is 1.93. The third-order valence-electron chi connectivity index (χ3n) is 3.10. The summed E-state index contributed by atoms with van der Waals surface area (Å²) in [7, 11) is 0. The van der Waals surface area contributed by atoms with E-state index in [0.717, 1.165) is 37.4 Å². The topological polar surface area (TPSA) is 46.5 Å². The van der Waals surface area contributed by atoms with Gasteiger partial charge in [0.05, 0.1) is 0 Å². The highest BCUT2D eigenvalue weighted by atomic mass is 16.5. The molecule has 1 fully saturated rings. The van der Waals surface area contributed by atoms with E-state index < -0.39 is 0 Å². The van der Waals surface area contributed by atoms with Gasteiger partial charge in [0.25, 0.3) is 5.56 Å². The molecule has 1 aliphatic rings. The predicted molar refractivity (Wildman–Crippen MR) is 60.6 cm³/mol. The Morgan fingerprint density at radius 2 is 2.44 bits per heavy atom. The first-order chi connectivity index (χ1) is 7.83. The monoisotopic (exact) mass is 218 g/mol. The average molecular weight is 218 g/mol. The van der Waals surface area contributed by atoms with Crippen LogP contribution in [-0.4, -0.2) is 22.6 Å². The molecule has 1 atom stereocenters. The minimum atomic E-state index is 0.0164. The van der Waals surface area contributed by atoms with E-state index in [2.05, 4.69) is 4.98 Å². The van der Waals surface area contributed by atoms with Crippen molar-refractivity contribution in [1.82, 2.24) is 9.38 Å². The van der Waals surface area contributed by atoms with E-state index in [4.69, 9.17) is 4.74 Å². The van der Waals surface area contributed by atoms with Crippen molar-refractivity contribution in [2.75, 3.05) is 13.2 Å². The number of aromatic amines is 1. The molecule has 2 aromatic heterocycles. The molecule has 1 saturated heterocycles. The Kier molecular flexibility index (Phi) is 2.29. The number of rotatable bonds is 2. The van der Waals surface area contributed by atoms with Gasteiger partial charge in [0.15, 0.2) is 0 Å². The second kappa shape index (κ2) is 3.79. The van der Waals surface area contributed by atoms with Crippen LogP contribution in [0.25, 0.3) is 5.65 Å². The van der Waals surface area contributed by atoms with Crippen LogP contribution < -0.4 is 5.56 Å². The Morgan fingerprint density at radius 3 is 3.19 bits per heavy atom. The van der Waals surface area contributed by atoms with Crippen LogP contribution in [0.2, 0.25) is 0 Å². The molecule has 1 N–H and O–H groups in total. The maximum absolute atomic E-state index is 11.5. The normalized spacial score (nSPS) is 20.6. The molecule has 1 aliphatic heterocycles. The minimum Gasteiger partial charge on any atom is -0.381 e. The minimum absolute atomic E-state index is 0.0164. The van der Waals surface area contributed by atoms with Gasteiger partial charge >= 0.3 is 0 Å². The number of fused-ring (bicyclic) bond motifs is 1. The quantitative estimate of drug-likeness (QED) is 0.823. The van der Waals surface area contributed by atoms with Gasteiger partial charge in [-0.15, -0.1) is 0 Å². The van der Waals surface area contributed by atoms with Gasteiger partial charge in [0, 0.05) is 31.2 Å². The molecule has 0 saturated carbocycles. The molecule has 0 radical (unpaired) electrons. The van der Waals surface area contributed by atoms with Gasteiger partial charge < -0.3 is 9.72 Å². The SMILES string of the molecule is O=c1cccc2[nH]c(CC3CCOC3)cn12. The molecule has 84 valence electrons. The molecule has 0 spiro atoms. The number of H-pyrrole nitrogens is 1. The van der Waals surface area contributed by atoms with Gasteiger partial charge in [-0.25, -0.2) is 0 Å². The van der Waals surface area contributed by atoms with E-state index in [9.17, 15) is 4.79 Å². The highest BCUT2D eigenvalue weighted by Gasteiger charge is 2.17. The lowest BCUT2D eigenvalue weighted by molar-refractivity contribution is 0.185. The number of nitrogens with zero attached hydrogens (tertiary/aromatic N) is 1. The summed E-state index contributed by atoms with van der Waals surface area (Å²) < 4.78 is 7.00. The number of ether oxygens (including phenoxy) is 1. The molecule has 4 heteroatoms. The highest BCUT2D eigenvalue weighted by molar-refractivity contribution is 5.39. The fourth-order valence-corrected chi connectivity index (χ4v) is 2.25. The first kappa shape index (κ1) is 9.66. The highest BCUT2D eigenvalue weighted by Crippen LogP contribution is 2.17. The summed E-state index contributed by atoms with van der Waals surface area (Å²) in [5, 5.41) is 0. The van der Waals surface area contributed by atoms with Crippen LogP contribution in [0.1, 0.15) is 12.1 Å². The van der Waals surface area contributed by atoms with Gasteiger partial charge in [-0.1, -0.05) is 6.07 Å². The van der Waals surface area contributed by atoms with Crippen molar-refractivity contribution < 1.29 is 4.74 Å². The van der Waals surface area contributed by atoms with Crippen molar-refractivity contribution in [2.24, 2.45) is 5.92 Å². The van der Waals surface area contributed by atoms with Crippen LogP contribution >= 0.6 is 0 Å². The second-order valence-corrected chi connectivity index (χ2v) is 4.33. The Morgan fingerprint density at radius 1 is 1.50 bits per heavy atom. The molecule has 3 rings (SSSR count). The maximum Gasteiger partial charge on any atom is 0.256 e. The standard InChI is InChI=1S/C12H14N2O2/c15-12-3-1-2-11-13-10(7-14(11)12)6-9-4-5-16-8-9/h1-3,7,9,13H,4-6,8H2. The third-order valence-corrected chi connectivity index (χ3v) is 3.10. The number of nitrogens with one attached hydrogen (secondary N) is 1. The van der Waals surface area contributed by atoms with Gasteiger partial charge in [-0.2, -0.15) is 0 Å². The van der Waals surface area contributed by atoms with Gasteiger partial charge in [0.2, 0.25) is 0 Å². The van der Waals surface area contributed by atoms with E-state index in [0.29, 0.717) is 5.92 Å². The van der Waals surface area contributed by atoms with E-state index in [1.165, 1.54) is 0 Å². The number of hydrogen-bond acceptors (Lipinski definition) is 2. The molecule has 4 nitrogen and oxygen atoms in total. The molecule has 2 aromatic rings. The zero-order chi connectivity index (χ0) is 11.0. The molecule has 3 heterocycles.